The lowest BCUT2D eigenvalue weighted by atomic mass is 10.2. The minimum atomic E-state index is -0.692. The Morgan fingerprint density at radius 3 is 2.59 bits per heavy atom. The molecule has 2 heterocycles. The number of para-hydroxylation sites is 1. The van der Waals surface area contributed by atoms with Crippen LogP contribution in [0.4, 0.5) is 13.2 Å². The van der Waals surface area contributed by atoms with Crippen molar-refractivity contribution in [1.82, 2.24) is 30.0 Å². The summed E-state index contributed by atoms with van der Waals surface area (Å²) in [4.78, 5) is 5.97. The number of hydrogen-bond donors (Lipinski definition) is 0. The van der Waals surface area contributed by atoms with E-state index in [9.17, 15) is 13.2 Å². The fourth-order valence-corrected chi connectivity index (χ4v) is 2.82. The van der Waals surface area contributed by atoms with Crippen LogP contribution in [0.15, 0.2) is 47.0 Å². The average molecular weight is 400 g/mol. The minimum Gasteiger partial charge on any atom is -0.332 e. The van der Waals surface area contributed by atoms with E-state index in [0.29, 0.717) is 12.2 Å². The van der Waals surface area contributed by atoms with Gasteiger partial charge in [0.1, 0.15) is 23.1 Å². The number of aromatic nitrogens is 5. The molecule has 2 aromatic carbocycles. The Kier molecular flexibility index (Phi) is 4.85. The monoisotopic (exact) mass is 400 g/mol. The molecule has 0 N–H and O–H groups in total. The zero-order valence-electron chi connectivity index (χ0n) is 15.5. The lowest BCUT2D eigenvalue weighted by Crippen LogP contribution is -2.16. The van der Waals surface area contributed by atoms with Crippen molar-refractivity contribution < 1.29 is 17.7 Å². The van der Waals surface area contributed by atoms with Crippen molar-refractivity contribution in [1.29, 1.82) is 0 Å². The SMILES string of the molecule is CN(C)Cc1c(-c2nc(-c3cc(F)ccc3F)no2)nnn1-c1ccccc1F. The largest absolute Gasteiger partial charge is 0.332 e. The van der Waals surface area contributed by atoms with Crippen molar-refractivity contribution in [2.75, 3.05) is 14.1 Å². The zero-order chi connectivity index (χ0) is 20.5. The Labute approximate surface area is 163 Å². The molecule has 0 aliphatic rings. The van der Waals surface area contributed by atoms with Crippen LogP contribution in [0.3, 0.4) is 0 Å². The van der Waals surface area contributed by atoms with Gasteiger partial charge >= 0.3 is 0 Å². The molecule has 0 unspecified atom stereocenters. The topological polar surface area (TPSA) is 72.9 Å². The summed E-state index contributed by atoms with van der Waals surface area (Å²) in [6.45, 7) is 0.336. The molecule has 0 spiro atoms. The number of hydrogen-bond acceptors (Lipinski definition) is 6. The number of rotatable bonds is 5. The van der Waals surface area contributed by atoms with Crippen LogP contribution in [0.25, 0.3) is 28.7 Å². The van der Waals surface area contributed by atoms with E-state index in [1.54, 1.807) is 18.2 Å². The Hall–Kier alpha value is -3.53. The molecule has 148 valence electrons. The molecule has 7 nitrogen and oxygen atoms in total. The van der Waals surface area contributed by atoms with Gasteiger partial charge in [-0.3, -0.25) is 0 Å². The number of nitrogens with zero attached hydrogens (tertiary/aromatic N) is 6. The van der Waals surface area contributed by atoms with E-state index in [-0.39, 0.29) is 28.7 Å². The predicted molar refractivity (Wildman–Crippen MR) is 97.4 cm³/mol. The molecular formula is C19H15F3N6O. The average Bonchev–Trinajstić information content (AvgIpc) is 3.31. The normalized spacial score (nSPS) is 11.4. The van der Waals surface area contributed by atoms with Crippen LogP contribution < -0.4 is 0 Å². The van der Waals surface area contributed by atoms with Crippen molar-refractivity contribution in [2.45, 2.75) is 6.54 Å². The summed E-state index contributed by atoms with van der Waals surface area (Å²) in [6.07, 6.45) is 0. The van der Waals surface area contributed by atoms with Crippen LogP contribution in [0.1, 0.15) is 5.69 Å². The molecule has 0 saturated heterocycles. The molecule has 10 heteroatoms. The summed E-state index contributed by atoms with van der Waals surface area (Å²) in [7, 11) is 3.65. The van der Waals surface area contributed by atoms with Gasteiger partial charge in [0.15, 0.2) is 5.69 Å². The third-order valence-electron chi connectivity index (χ3n) is 4.11. The minimum absolute atomic E-state index is 0.0388. The van der Waals surface area contributed by atoms with E-state index < -0.39 is 17.5 Å². The third kappa shape index (κ3) is 3.61. The van der Waals surface area contributed by atoms with Crippen molar-refractivity contribution >= 4 is 0 Å². The van der Waals surface area contributed by atoms with E-state index in [1.165, 1.54) is 10.7 Å². The molecule has 2 aromatic heterocycles. The van der Waals surface area contributed by atoms with Gasteiger partial charge in [0.2, 0.25) is 5.82 Å². The van der Waals surface area contributed by atoms with E-state index >= 15 is 0 Å². The highest BCUT2D eigenvalue weighted by atomic mass is 19.1. The van der Waals surface area contributed by atoms with Crippen LogP contribution in [0.5, 0.6) is 0 Å². The number of halogens is 3. The summed E-state index contributed by atoms with van der Waals surface area (Å²) < 4.78 is 48.3. The summed E-state index contributed by atoms with van der Waals surface area (Å²) in [5.74, 6) is -1.97. The first-order valence-corrected chi connectivity index (χ1v) is 8.57. The standard InChI is InChI=1S/C19H15F3N6O/c1-27(2)10-16-17(24-26-28(16)15-6-4-3-5-14(15)22)19-23-18(25-29-19)12-9-11(20)7-8-13(12)21/h3-9H,10H2,1-2H3. The maximum Gasteiger partial charge on any atom is 0.280 e. The van der Waals surface area contributed by atoms with Crippen LogP contribution in [-0.2, 0) is 6.54 Å². The lowest BCUT2D eigenvalue weighted by molar-refractivity contribution is 0.389. The zero-order valence-corrected chi connectivity index (χ0v) is 15.5. The van der Waals surface area contributed by atoms with Gasteiger partial charge in [-0.15, -0.1) is 5.10 Å². The first-order chi connectivity index (χ1) is 13.9. The molecule has 0 atom stereocenters. The second-order valence-electron chi connectivity index (χ2n) is 6.53. The molecule has 0 fully saturated rings. The van der Waals surface area contributed by atoms with Crippen LogP contribution >= 0.6 is 0 Å². The fraction of sp³-hybridized carbons (Fsp3) is 0.158. The molecule has 0 amide bonds. The van der Waals surface area contributed by atoms with Crippen LogP contribution in [-0.4, -0.2) is 44.1 Å². The van der Waals surface area contributed by atoms with Gasteiger partial charge in [-0.25, -0.2) is 17.9 Å². The van der Waals surface area contributed by atoms with Crippen LogP contribution in [0, 0.1) is 17.5 Å². The Balaban J connectivity index is 1.81. The maximum atomic E-state index is 14.3. The second kappa shape index (κ2) is 7.47. The van der Waals surface area contributed by atoms with E-state index in [1.807, 2.05) is 19.0 Å². The molecule has 0 bridgehead atoms. The van der Waals surface area contributed by atoms with Gasteiger partial charge < -0.3 is 9.42 Å². The van der Waals surface area contributed by atoms with Crippen molar-refractivity contribution in [3.05, 3.63) is 65.6 Å². The van der Waals surface area contributed by atoms with Gasteiger partial charge in [-0.1, -0.05) is 22.5 Å². The van der Waals surface area contributed by atoms with E-state index in [4.69, 9.17) is 4.52 Å². The fourth-order valence-electron chi connectivity index (χ4n) is 2.82. The highest BCUT2D eigenvalue weighted by Gasteiger charge is 2.24. The smallest absolute Gasteiger partial charge is 0.280 e. The summed E-state index contributed by atoms with van der Waals surface area (Å²) in [5.41, 5.74) is 0.780. The van der Waals surface area contributed by atoms with Gasteiger partial charge in [0, 0.05) is 6.54 Å². The van der Waals surface area contributed by atoms with Crippen molar-refractivity contribution in [3.8, 4) is 28.7 Å². The molecule has 0 aliphatic carbocycles. The molecule has 29 heavy (non-hydrogen) atoms. The van der Waals surface area contributed by atoms with Gasteiger partial charge in [-0.2, -0.15) is 4.98 Å². The summed E-state index contributed by atoms with van der Waals surface area (Å²) in [6, 6.07) is 9.07. The molecule has 0 radical (unpaired) electrons. The Morgan fingerprint density at radius 2 is 1.83 bits per heavy atom. The Bertz CT molecular complexity index is 1170. The van der Waals surface area contributed by atoms with Gasteiger partial charge in [-0.05, 0) is 44.4 Å². The third-order valence-corrected chi connectivity index (χ3v) is 4.11. The second-order valence-corrected chi connectivity index (χ2v) is 6.53. The van der Waals surface area contributed by atoms with E-state index in [0.717, 1.165) is 18.2 Å². The van der Waals surface area contributed by atoms with Gasteiger partial charge in [0.25, 0.3) is 5.89 Å². The highest BCUT2D eigenvalue weighted by molar-refractivity contribution is 5.60. The molecule has 4 aromatic rings. The van der Waals surface area contributed by atoms with Crippen molar-refractivity contribution in [2.24, 2.45) is 0 Å². The molecule has 0 saturated carbocycles. The quantitative estimate of drug-likeness (QED) is 0.511. The summed E-state index contributed by atoms with van der Waals surface area (Å²) >= 11 is 0. The molecular weight excluding hydrogens is 385 g/mol. The highest BCUT2D eigenvalue weighted by Crippen LogP contribution is 2.27. The van der Waals surface area contributed by atoms with Crippen LogP contribution in [0.2, 0.25) is 0 Å². The molecule has 4 rings (SSSR count). The summed E-state index contributed by atoms with van der Waals surface area (Å²) in [5, 5.41) is 11.8. The van der Waals surface area contributed by atoms with Gasteiger partial charge in [0.05, 0.1) is 11.3 Å². The Morgan fingerprint density at radius 1 is 1.03 bits per heavy atom. The lowest BCUT2D eigenvalue weighted by Gasteiger charge is -2.12. The molecule has 0 aliphatic heterocycles. The maximum absolute atomic E-state index is 14.3. The van der Waals surface area contributed by atoms with E-state index in [2.05, 4.69) is 20.5 Å². The first-order valence-electron chi connectivity index (χ1n) is 8.57. The predicted octanol–water partition coefficient (Wildman–Crippen LogP) is 3.46. The van der Waals surface area contributed by atoms with Crippen molar-refractivity contribution in [3.63, 3.8) is 0 Å². The first kappa shape index (κ1) is 18.8. The number of benzene rings is 2.